The molecule has 0 saturated carbocycles. The largest absolute Gasteiger partial charge is 0.453 e. The maximum absolute atomic E-state index is 14.1. The Morgan fingerprint density at radius 1 is 0.867 bits per heavy atom. The standard InChI is InChI=1S/C36H45NO8/c1-27(39)45-34(33(41)22-21-31(40)20-14-6-4-2-3-5-7-15-23-38)32(25-29-18-12-9-13-19-29)35(42)37-30(26-44-36(37)43)24-28-16-10-8-11-17-28/h8-13,16-19,21-22,30,32,34,38H,2-7,14-15,20,23-26H2,1H3/t30-,32-,34-/m1/s1. The monoisotopic (exact) mass is 619 g/mol. The molecule has 1 heterocycles. The highest BCUT2D eigenvalue weighted by molar-refractivity contribution is 6.04. The number of aliphatic hydroxyl groups excluding tert-OH is 1. The minimum atomic E-state index is -1.55. The van der Waals surface area contributed by atoms with E-state index in [-0.39, 0.29) is 31.8 Å². The summed E-state index contributed by atoms with van der Waals surface area (Å²) < 4.78 is 10.7. The van der Waals surface area contributed by atoms with Crippen LogP contribution in [0.4, 0.5) is 4.79 Å². The van der Waals surface area contributed by atoms with Crippen molar-refractivity contribution < 1.29 is 38.6 Å². The van der Waals surface area contributed by atoms with Crippen LogP contribution in [0.15, 0.2) is 72.8 Å². The lowest BCUT2D eigenvalue weighted by molar-refractivity contribution is -0.158. The molecular weight excluding hydrogens is 574 g/mol. The second-order valence-electron chi connectivity index (χ2n) is 11.5. The number of nitrogens with zero attached hydrogens (tertiary/aromatic N) is 1. The van der Waals surface area contributed by atoms with Gasteiger partial charge in [-0.25, -0.2) is 9.69 Å². The Labute approximate surface area is 265 Å². The Morgan fingerprint density at radius 3 is 2.04 bits per heavy atom. The molecule has 1 aliphatic heterocycles. The maximum atomic E-state index is 14.1. The van der Waals surface area contributed by atoms with E-state index >= 15 is 0 Å². The average Bonchev–Trinajstić information content (AvgIpc) is 3.40. The number of esters is 1. The number of rotatable bonds is 20. The fraction of sp³-hybridized carbons (Fsp3) is 0.472. The summed E-state index contributed by atoms with van der Waals surface area (Å²) in [6.07, 6.45) is 8.28. The van der Waals surface area contributed by atoms with Gasteiger partial charge in [0.05, 0.1) is 12.0 Å². The highest BCUT2D eigenvalue weighted by atomic mass is 16.6. The van der Waals surface area contributed by atoms with Crippen LogP contribution >= 0.6 is 0 Å². The predicted molar refractivity (Wildman–Crippen MR) is 169 cm³/mol. The predicted octanol–water partition coefficient (Wildman–Crippen LogP) is 5.56. The molecule has 1 saturated heterocycles. The Hall–Kier alpha value is -4.11. The van der Waals surface area contributed by atoms with Gasteiger partial charge in [-0.3, -0.25) is 19.2 Å². The van der Waals surface area contributed by atoms with Crippen LogP contribution in [0.5, 0.6) is 0 Å². The first-order valence-electron chi connectivity index (χ1n) is 15.9. The smallest absolute Gasteiger partial charge is 0.416 e. The number of carbonyl (C=O) groups is 5. The van der Waals surface area contributed by atoms with E-state index in [1.807, 2.05) is 36.4 Å². The van der Waals surface area contributed by atoms with Gasteiger partial charge in [0.15, 0.2) is 17.7 Å². The molecular formula is C36H45NO8. The molecule has 0 radical (unpaired) electrons. The number of cyclic esters (lactones) is 1. The van der Waals surface area contributed by atoms with Crippen LogP contribution in [0.2, 0.25) is 0 Å². The summed E-state index contributed by atoms with van der Waals surface area (Å²) in [6, 6.07) is 17.7. The molecule has 242 valence electrons. The quantitative estimate of drug-likeness (QED) is 0.116. The number of allylic oxidation sites excluding steroid dienone is 1. The molecule has 3 rings (SSSR count). The molecule has 2 aromatic rings. The first kappa shape index (κ1) is 35.4. The van der Waals surface area contributed by atoms with E-state index in [4.69, 9.17) is 14.6 Å². The SMILES string of the molecule is CC(=O)O[C@@H](C(=O)C=CC(=O)CCCCCCCCCCO)[C@@H](Cc1ccccc1)C(=O)N1C(=O)OC[C@H]1Cc1ccccc1. The molecule has 0 spiro atoms. The third-order valence-electron chi connectivity index (χ3n) is 7.83. The molecule has 1 N–H and O–H groups in total. The fourth-order valence-corrected chi connectivity index (χ4v) is 5.48. The summed E-state index contributed by atoms with van der Waals surface area (Å²) in [5.41, 5.74) is 1.62. The van der Waals surface area contributed by atoms with E-state index in [1.165, 1.54) is 6.08 Å². The summed E-state index contributed by atoms with van der Waals surface area (Å²) in [5.74, 6) is -3.62. The Bertz CT molecular complexity index is 1280. The average molecular weight is 620 g/mol. The van der Waals surface area contributed by atoms with Crippen molar-refractivity contribution >= 4 is 29.5 Å². The zero-order valence-corrected chi connectivity index (χ0v) is 26.1. The lowest BCUT2D eigenvalue weighted by Gasteiger charge is -2.29. The zero-order valence-electron chi connectivity index (χ0n) is 26.1. The third kappa shape index (κ3) is 12.1. The molecule has 45 heavy (non-hydrogen) atoms. The molecule has 0 unspecified atom stereocenters. The summed E-state index contributed by atoms with van der Waals surface area (Å²) in [5, 5.41) is 8.84. The van der Waals surface area contributed by atoms with Gasteiger partial charge in [-0.05, 0) is 49.0 Å². The Morgan fingerprint density at radius 2 is 1.44 bits per heavy atom. The van der Waals surface area contributed by atoms with Gasteiger partial charge >= 0.3 is 12.1 Å². The van der Waals surface area contributed by atoms with Gasteiger partial charge in [-0.2, -0.15) is 0 Å². The normalized spacial score (nSPS) is 15.9. The molecule has 3 atom stereocenters. The van der Waals surface area contributed by atoms with Crippen molar-refractivity contribution in [1.29, 1.82) is 0 Å². The second kappa shape index (κ2) is 19.3. The number of hydrogen-bond donors (Lipinski definition) is 1. The molecule has 2 aromatic carbocycles. The molecule has 9 heteroatoms. The van der Waals surface area contributed by atoms with E-state index in [0.29, 0.717) is 18.4 Å². The molecule has 0 aliphatic carbocycles. The summed E-state index contributed by atoms with van der Waals surface area (Å²) in [6.45, 7) is 1.38. The minimum absolute atomic E-state index is 0.00181. The Kier molecular flexibility index (Phi) is 15.2. The van der Waals surface area contributed by atoms with Crippen LogP contribution in [0.1, 0.15) is 75.8 Å². The second-order valence-corrected chi connectivity index (χ2v) is 11.5. The Balaban J connectivity index is 1.72. The first-order chi connectivity index (χ1) is 21.8. The number of benzene rings is 2. The third-order valence-corrected chi connectivity index (χ3v) is 7.83. The van der Waals surface area contributed by atoms with Gasteiger partial charge in [0, 0.05) is 20.0 Å². The number of imide groups is 1. The number of hydrogen-bond acceptors (Lipinski definition) is 8. The minimum Gasteiger partial charge on any atom is -0.453 e. The molecule has 2 amide bonds. The van der Waals surface area contributed by atoms with Crippen molar-refractivity contribution in [2.45, 2.75) is 89.7 Å². The lowest BCUT2D eigenvalue weighted by Crippen LogP contribution is -2.49. The van der Waals surface area contributed by atoms with Crippen LogP contribution < -0.4 is 0 Å². The summed E-state index contributed by atoms with van der Waals surface area (Å²) in [4.78, 5) is 66.2. The number of ether oxygens (including phenoxy) is 2. The van der Waals surface area contributed by atoms with Crippen molar-refractivity contribution in [3.05, 3.63) is 83.9 Å². The van der Waals surface area contributed by atoms with Crippen LogP contribution in [-0.4, -0.2) is 64.9 Å². The van der Waals surface area contributed by atoms with E-state index in [0.717, 1.165) is 68.4 Å². The zero-order chi connectivity index (χ0) is 32.4. The van der Waals surface area contributed by atoms with E-state index in [1.54, 1.807) is 24.3 Å². The van der Waals surface area contributed by atoms with Crippen molar-refractivity contribution in [2.75, 3.05) is 13.2 Å². The number of ketones is 2. The van der Waals surface area contributed by atoms with Gasteiger partial charge < -0.3 is 14.6 Å². The van der Waals surface area contributed by atoms with Crippen LogP contribution in [0.25, 0.3) is 0 Å². The fourth-order valence-electron chi connectivity index (χ4n) is 5.48. The highest BCUT2D eigenvalue weighted by Gasteiger charge is 2.45. The van der Waals surface area contributed by atoms with E-state index < -0.39 is 41.8 Å². The summed E-state index contributed by atoms with van der Waals surface area (Å²) >= 11 is 0. The molecule has 9 nitrogen and oxygen atoms in total. The van der Waals surface area contributed by atoms with Gasteiger partial charge in [-0.1, -0.05) is 99.2 Å². The first-order valence-corrected chi connectivity index (χ1v) is 15.9. The maximum Gasteiger partial charge on any atom is 0.416 e. The molecule has 0 bridgehead atoms. The van der Waals surface area contributed by atoms with Crippen LogP contribution in [0, 0.1) is 5.92 Å². The van der Waals surface area contributed by atoms with Crippen molar-refractivity contribution in [3.8, 4) is 0 Å². The lowest BCUT2D eigenvalue weighted by atomic mass is 9.89. The number of unbranched alkanes of at least 4 members (excludes halogenated alkanes) is 7. The van der Waals surface area contributed by atoms with Gasteiger partial charge in [0.25, 0.3) is 0 Å². The highest BCUT2D eigenvalue weighted by Crippen LogP contribution is 2.26. The molecule has 1 fully saturated rings. The van der Waals surface area contributed by atoms with Crippen molar-refractivity contribution in [2.24, 2.45) is 5.92 Å². The van der Waals surface area contributed by atoms with Crippen LogP contribution in [-0.2, 0) is 41.5 Å². The van der Waals surface area contributed by atoms with E-state index in [9.17, 15) is 24.0 Å². The molecule has 1 aliphatic rings. The number of amides is 2. The van der Waals surface area contributed by atoms with Gasteiger partial charge in [0.1, 0.15) is 6.61 Å². The van der Waals surface area contributed by atoms with Gasteiger partial charge in [0.2, 0.25) is 5.91 Å². The van der Waals surface area contributed by atoms with Gasteiger partial charge in [-0.15, -0.1) is 0 Å². The summed E-state index contributed by atoms with van der Waals surface area (Å²) in [7, 11) is 0. The van der Waals surface area contributed by atoms with Crippen LogP contribution in [0.3, 0.4) is 0 Å². The number of aliphatic hydroxyl groups is 1. The topological polar surface area (TPSA) is 127 Å². The van der Waals surface area contributed by atoms with E-state index in [2.05, 4.69) is 0 Å². The number of carbonyl (C=O) groups excluding carboxylic acids is 5. The molecule has 0 aromatic heterocycles. The van der Waals surface area contributed by atoms with Crippen molar-refractivity contribution in [3.63, 3.8) is 0 Å². The van der Waals surface area contributed by atoms with Crippen molar-refractivity contribution in [1.82, 2.24) is 4.90 Å².